The van der Waals surface area contributed by atoms with Crippen LogP contribution in [0, 0.1) is 23.7 Å². The molecule has 0 aromatic heterocycles. The second kappa shape index (κ2) is 44.5. The first-order chi connectivity index (χ1) is 72.1. The average Bonchev–Trinajstić information content (AvgIpc) is 1.38. The molecule has 0 bridgehead atoms. The first-order valence-electron chi connectivity index (χ1n) is 49.0. The quantitative estimate of drug-likeness (QED) is 0.0349. The number of rotatable bonds is 36. The summed E-state index contributed by atoms with van der Waals surface area (Å²) in [5, 5.41) is 18.4. The van der Waals surface area contributed by atoms with Crippen molar-refractivity contribution in [3.63, 3.8) is 0 Å². The summed E-state index contributed by atoms with van der Waals surface area (Å²) in [6.45, 7) is 3.20. The first-order valence-corrected chi connectivity index (χ1v) is 49.0. The van der Waals surface area contributed by atoms with E-state index in [1.807, 2.05) is 109 Å². The first kappa shape index (κ1) is 92.4. The highest BCUT2D eigenvalue weighted by Crippen LogP contribution is 2.37. The number of ether oxygens (including phenoxy) is 12. The average molecular weight is 1900 g/mol. The minimum atomic E-state index is 0.135. The van der Waals surface area contributed by atoms with Gasteiger partial charge >= 0.3 is 0 Å². The molecule has 708 valence electrons. The Morgan fingerprint density at radius 2 is 0.253 bits per heavy atom. The van der Waals surface area contributed by atoms with Crippen LogP contribution in [-0.4, -0.2) is 0 Å². The fraction of sp³-hybridized carbons (Fsp3) is 0.0896. The Hall–Kier alpha value is -18.6. The SMILES string of the molecule is C(#Cc1cc(OCc2cc(OCc3ccc4ccccc4c3)cc(OCc3ccc4ccccc4c3)c2)cc(OCc2cc(OCc3ccc4ccccc4c3)cc(OCc3ccc4ccccc4c3)c2)c1)/C=C\C#Cc1cc(OCc2cc(OCc3ccc4ccccc4c3)cc(OCc3ccc4ccccc4c3)c2)cc(OCc2cc(OCc3ccc4ccccc4c3)cc(OCc3ccc4ccccc4c3)c2)c1. The Morgan fingerprint density at radius 1 is 0.123 bits per heavy atom. The normalized spacial score (nSPS) is 11.2. The molecule has 0 N–H and O–H groups in total. The molecule has 0 radical (unpaired) electrons. The second-order valence-corrected chi connectivity index (χ2v) is 36.4. The van der Waals surface area contributed by atoms with Gasteiger partial charge in [0.05, 0.1) is 0 Å². The zero-order valence-electron chi connectivity index (χ0n) is 80.3. The Kier molecular flexibility index (Phi) is 28.1. The number of allylic oxidation sites excluding steroid dienone is 2. The molecule has 0 aliphatic carbocycles. The molecule has 0 atom stereocenters. The molecule has 0 saturated carbocycles. The van der Waals surface area contributed by atoms with Crippen molar-refractivity contribution in [1.82, 2.24) is 0 Å². The Balaban J connectivity index is 0.572. The highest BCUT2D eigenvalue weighted by atomic mass is 16.5. The monoisotopic (exact) mass is 1900 g/mol. The topological polar surface area (TPSA) is 111 Å². The van der Waals surface area contributed by atoms with Gasteiger partial charge in [-0.2, -0.15) is 0 Å². The molecule has 0 fully saturated rings. The van der Waals surface area contributed by atoms with E-state index in [0.717, 1.165) is 153 Å². The maximum Gasteiger partial charge on any atom is 0.124 e. The molecule has 146 heavy (non-hydrogen) atoms. The van der Waals surface area contributed by atoms with Crippen LogP contribution in [-0.2, 0) is 79.3 Å². The predicted octanol–water partition coefficient (Wildman–Crippen LogP) is 31.8. The van der Waals surface area contributed by atoms with Crippen molar-refractivity contribution in [3.05, 3.63) is 539 Å². The molecule has 0 aliphatic heterocycles. The van der Waals surface area contributed by atoms with Crippen molar-refractivity contribution in [3.8, 4) is 92.7 Å². The van der Waals surface area contributed by atoms with E-state index < -0.39 is 0 Å². The van der Waals surface area contributed by atoms with Crippen LogP contribution in [0.25, 0.3) is 86.2 Å². The van der Waals surface area contributed by atoms with Gasteiger partial charge in [-0.15, -0.1) is 0 Å². The highest BCUT2D eigenvalue weighted by molar-refractivity contribution is 5.89. The molecule has 0 saturated heterocycles. The molecule has 12 heteroatoms. The largest absolute Gasteiger partial charge is 0.489 e. The molecular formula is C134H100O12. The summed E-state index contributed by atoms with van der Waals surface area (Å²) in [6, 6.07) is 153. The van der Waals surface area contributed by atoms with Gasteiger partial charge in [0.2, 0.25) is 0 Å². The molecule has 22 aromatic rings. The van der Waals surface area contributed by atoms with Gasteiger partial charge in [0.25, 0.3) is 0 Å². The zero-order chi connectivity index (χ0) is 97.8. The van der Waals surface area contributed by atoms with Gasteiger partial charge in [-0.05, 0) is 286 Å². The molecule has 0 unspecified atom stereocenters. The lowest BCUT2D eigenvalue weighted by molar-refractivity contribution is 0.276. The van der Waals surface area contributed by atoms with Crippen molar-refractivity contribution >= 4 is 86.2 Å². The van der Waals surface area contributed by atoms with Crippen molar-refractivity contribution in [1.29, 1.82) is 0 Å². The predicted molar refractivity (Wildman–Crippen MR) is 585 cm³/mol. The Morgan fingerprint density at radius 3 is 0.404 bits per heavy atom. The number of hydrogen-bond donors (Lipinski definition) is 0. The molecule has 22 rings (SSSR count). The van der Waals surface area contributed by atoms with Gasteiger partial charge in [-0.3, -0.25) is 0 Å². The van der Waals surface area contributed by atoms with Crippen LogP contribution in [0.3, 0.4) is 0 Å². The molecule has 22 aromatic carbocycles. The van der Waals surface area contributed by atoms with Gasteiger partial charge in [0.1, 0.15) is 148 Å². The summed E-state index contributed by atoms with van der Waals surface area (Å²) in [4.78, 5) is 0. The summed E-state index contributed by atoms with van der Waals surface area (Å²) < 4.78 is 80.7. The highest BCUT2D eigenvalue weighted by Gasteiger charge is 2.18. The number of fused-ring (bicyclic) bond motifs is 8. The zero-order valence-corrected chi connectivity index (χ0v) is 80.3. The van der Waals surface area contributed by atoms with E-state index in [2.05, 4.69) is 363 Å². The summed E-state index contributed by atoms with van der Waals surface area (Å²) >= 11 is 0. The van der Waals surface area contributed by atoms with Crippen molar-refractivity contribution in [2.45, 2.75) is 79.3 Å². The van der Waals surface area contributed by atoms with Crippen molar-refractivity contribution in [2.24, 2.45) is 0 Å². The molecule has 12 nitrogen and oxygen atoms in total. The van der Waals surface area contributed by atoms with Crippen LogP contribution in [0.15, 0.2) is 461 Å². The summed E-state index contributed by atoms with van der Waals surface area (Å²) in [6.07, 6.45) is 3.46. The lowest BCUT2D eigenvalue weighted by atomic mass is 10.1. The maximum atomic E-state index is 6.88. The van der Waals surface area contributed by atoms with Crippen LogP contribution in [0.2, 0.25) is 0 Å². The van der Waals surface area contributed by atoms with Gasteiger partial charge in [0, 0.05) is 47.5 Å². The van der Waals surface area contributed by atoms with Gasteiger partial charge < -0.3 is 56.8 Å². The summed E-state index contributed by atoms with van der Waals surface area (Å²) in [5.74, 6) is 20.4. The van der Waals surface area contributed by atoms with E-state index in [-0.39, 0.29) is 26.4 Å². The molecular weight excluding hydrogens is 1800 g/mol. The Bertz CT molecular complexity index is 7340. The van der Waals surface area contributed by atoms with Crippen molar-refractivity contribution < 1.29 is 56.8 Å². The minimum absolute atomic E-state index is 0.135. The van der Waals surface area contributed by atoms with Gasteiger partial charge in [0.15, 0.2) is 0 Å². The fourth-order valence-electron chi connectivity index (χ4n) is 18.1. The third-order valence-electron chi connectivity index (χ3n) is 25.6. The van der Waals surface area contributed by atoms with E-state index in [9.17, 15) is 0 Å². The van der Waals surface area contributed by atoms with E-state index in [1.165, 1.54) is 0 Å². The lowest BCUT2D eigenvalue weighted by Gasteiger charge is -2.15. The van der Waals surface area contributed by atoms with Crippen LogP contribution in [0.1, 0.15) is 77.9 Å². The number of benzene rings is 22. The van der Waals surface area contributed by atoms with Crippen LogP contribution >= 0.6 is 0 Å². The molecule has 0 amide bonds. The fourth-order valence-corrected chi connectivity index (χ4v) is 18.1. The molecule has 0 heterocycles. The third-order valence-corrected chi connectivity index (χ3v) is 25.6. The summed E-state index contributed by atoms with van der Waals surface area (Å²) in [7, 11) is 0. The van der Waals surface area contributed by atoms with E-state index in [4.69, 9.17) is 56.8 Å². The van der Waals surface area contributed by atoms with Crippen LogP contribution in [0.5, 0.6) is 69.0 Å². The lowest BCUT2D eigenvalue weighted by Crippen LogP contribution is -2.03. The van der Waals surface area contributed by atoms with Gasteiger partial charge in [-0.25, -0.2) is 0 Å². The Labute approximate surface area is 848 Å². The molecule has 0 aliphatic rings. The minimum Gasteiger partial charge on any atom is -0.489 e. The third kappa shape index (κ3) is 24.3. The van der Waals surface area contributed by atoms with Crippen molar-refractivity contribution in [2.75, 3.05) is 0 Å². The van der Waals surface area contributed by atoms with E-state index in [0.29, 0.717) is 133 Å². The van der Waals surface area contributed by atoms with Crippen LogP contribution in [0.4, 0.5) is 0 Å². The number of hydrogen-bond acceptors (Lipinski definition) is 12. The standard InChI is InChI=1S/C134H100O12/c1(3-21-93-63-123(143-89-103-67-127(135-81-95-39-47-107-23-5-13-31-115(107)55-95)77-128(68-103)136-82-96-40-48-108-24-6-14-32-116(108)56-96)75-124(64-93)144-90-104-69-129(137-83-97-41-49-109-25-7-15-33-117(109)57-97)78-130(70-104)138-84-98-42-50-110-26-8-16-34-118(110)58-98)2-4-22-94-65-125(145-91-105-71-131(139-85-99-43-51-111-27-9-17-35-119(111)59-99)79-132(72-105)140-86-100-44-52-112-28-10-18-36-120(112)60-100)76-126(66-94)146-92-106-73-133(141-87-101-45-53-113-29-11-19-37-121(113)61-101)80-134(74-106)142-88-102-46-54-114-30-12-20-38-122(114)62-102/h1-2,5-20,23-80H,81-92H2/b2-1-. The van der Waals surface area contributed by atoms with Crippen LogP contribution < -0.4 is 56.8 Å². The van der Waals surface area contributed by atoms with Gasteiger partial charge in [-0.1, -0.05) is 315 Å². The van der Waals surface area contributed by atoms with E-state index in [1.54, 1.807) is 12.2 Å². The van der Waals surface area contributed by atoms with E-state index >= 15 is 0 Å². The summed E-state index contributed by atoms with van der Waals surface area (Å²) in [5.41, 5.74) is 12.8. The second-order valence-electron chi connectivity index (χ2n) is 36.4. The maximum absolute atomic E-state index is 6.88. The molecule has 0 spiro atoms. The smallest absolute Gasteiger partial charge is 0.124 e.